The van der Waals surface area contributed by atoms with Crippen molar-refractivity contribution in [2.75, 3.05) is 13.1 Å². The van der Waals surface area contributed by atoms with Gasteiger partial charge in [0, 0.05) is 42.1 Å². The first-order valence-corrected chi connectivity index (χ1v) is 12.6. The van der Waals surface area contributed by atoms with E-state index in [-0.39, 0.29) is 5.91 Å². The van der Waals surface area contributed by atoms with E-state index >= 15 is 0 Å². The molecule has 1 N–H and O–H groups in total. The number of carbonyl (C=O) groups is 1. The predicted octanol–water partition coefficient (Wildman–Crippen LogP) is 5.04. The Morgan fingerprint density at radius 1 is 1.27 bits per heavy atom. The summed E-state index contributed by atoms with van der Waals surface area (Å²) in [6.07, 6.45) is 7.65. The molecule has 7 nitrogen and oxygen atoms in total. The van der Waals surface area contributed by atoms with Crippen LogP contribution in [0.2, 0.25) is 0 Å². The molecule has 5 rings (SSSR count). The molecule has 0 unspecified atom stereocenters. The van der Waals surface area contributed by atoms with Gasteiger partial charge in [-0.1, -0.05) is 18.2 Å². The summed E-state index contributed by atoms with van der Waals surface area (Å²) in [5.74, 6) is 2.18. The Labute approximate surface area is 202 Å². The lowest BCUT2D eigenvalue weighted by Crippen LogP contribution is -2.37. The van der Waals surface area contributed by atoms with E-state index in [0.717, 1.165) is 58.5 Å². The summed E-state index contributed by atoms with van der Waals surface area (Å²) >= 11 is 7.03. The maximum atomic E-state index is 12.8. The van der Waals surface area contributed by atoms with Crippen molar-refractivity contribution in [2.45, 2.75) is 51.2 Å². The highest BCUT2D eigenvalue weighted by Crippen LogP contribution is 2.39. The molecule has 3 heterocycles. The van der Waals surface area contributed by atoms with Crippen molar-refractivity contribution in [3.63, 3.8) is 0 Å². The molecule has 9 heteroatoms. The standard InChI is InChI=1S/C24H27N5O2S2/c1-16-25-19(15-33-16)14-31-21-5-3-2-4-17(21)6-9-22(30)28-12-10-18(11-13-28)23-26-27-24(32)29(23)20-7-8-20/h2-6,9,15,18,20H,7-8,10-14H2,1H3,(H,27,32)/b9-6+. The van der Waals surface area contributed by atoms with Crippen molar-refractivity contribution in [3.8, 4) is 5.75 Å². The van der Waals surface area contributed by atoms with Gasteiger partial charge in [-0.05, 0) is 57.0 Å². The Kier molecular flexibility index (Phi) is 6.41. The van der Waals surface area contributed by atoms with Crippen LogP contribution in [0.5, 0.6) is 5.75 Å². The minimum atomic E-state index is 0.0273. The number of para-hydroxylation sites is 1. The average molecular weight is 482 g/mol. The maximum absolute atomic E-state index is 12.8. The fourth-order valence-corrected chi connectivity index (χ4v) is 5.18. The topological polar surface area (TPSA) is 76.0 Å². The van der Waals surface area contributed by atoms with E-state index in [1.807, 2.05) is 47.5 Å². The van der Waals surface area contributed by atoms with Gasteiger partial charge in [-0.3, -0.25) is 9.89 Å². The summed E-state index contributed by atoms with van der Waals surface area (Å²) in [5, 5.41) is 10.5. The van der Waals surface area contributed by atoms with Gasteiger partial charge in [-0.25, -0.2) is 4.98 Å². The number of benzene rings is 1. The van der Waals surface area contributed by atoms with Crippen LogP contribution in [0.3, 0.4) is 0 Å². The van der Waals surface area contributed by atoms with E-state index in [4.69, 9.17) is 17.0 Å². The van der Waals surface area contributed by atoms with E-state index < -0.39 is 0 Å². The smallest absolute Gasteiger partial charge is 0.246 e. The van der Waals surface area contributed by atoms with Crippen molar-refractivity contribution in [2.24, 2.45) is 0 Å². The first-order chi connectivity index (χ1) is 16.1. The Bertz CT molecular complexity index is 1220. The molecular weight excluding hydrogens is 454 g/mol. The highest BCUT2D eigenvalue weighted by Gasteiger charge is 2.32. The van der Waals surface area contributed by atoms with Crippen LogP contribution in [0.1, 0.15) is 59.7 Å². The summed E-state index contributed by atoms with van der Waals surface area (Å²) in [7, 11) is 0. The molecule has 0 spiro atoms. The summed E-state index contributed by atoms with van der Waals surface area (Å²) in [6, 6.07) is 8.26. The summed E-state index contributed by atoms with van der Waals surface area (Å²) in [5.41, 5.74) is 1.80. The average Bonchev–Trinajstić information content (AvgIpc) is 3.47. The van der Waals surface area contributed by atoms with Crippen molar-refractivity contribution in [1.82, 2.24) is 24.6 Å². The minimum absolute atomic E-state index is 0.0273. The van der Waals surface area contributed by atoms with Gasteiger partial charge in [0.05, 0.1) is 10.7 Å². The molecule has 0 radical (unpaired) electrons. The lowest BCUT2D eigenvalue weighted by atomic mass is 9.95. The highest BCUT2D eigenvalue weighted by molar-refractivity contribution is 7.71. The van der Waals surface area contributed by atoms with Gasteiger partial charge in [-0.2, -0.15) is 5.10 Å². The zero-order valence-corrected chi connectivity index (χ0v) is 20.2. The quantitative estimate of drug-likeness (QED) is 0.378. The molecule has 3 aromatic rings. The number of rotatable bonds is 7. The van der Waals surface area contributed by atoms with Crippen LogP contribution in [0.4, 0.5) is 0 Å². The number of H-pyrrole nitrogens is 1. The number of piperidine rings is 1. The van der Waals surface area contributed by atoms with Gasteiger partial charge in [0.15, 0.2) is 4.77 Å². The normalized spacial score (nSPS) is 17.1. The molecule has 33 heavy (non-hydrogen) atoms. The largest absolute Gasteiger partial charge is 0.487 e. The van der Waals surface area contributed by atoms with Crippen LogP contribution in [0.25, 0.3) is 6.08 Å². The van der Waals surface area contributed by atoms with Crippen LogP contribution in [0, 0.1) is 11.7 Å². The lowest BCUT2D eigenvalue weighted by Gasteiger charge is -2.31. The molecule has 1 saturated carbocycles. The highest BCUT2D eigenvalue weighted by atomic mass is 32.1. The Morgan fingerprint density at radius 3 is 2.79 bits per heavy atom. The van der Waals surface area contributed by atoms with Crippen LogP contribution in [0.15, 0.2) is 35.7 Å². The van der Waals surface area contributed by atoms with E-state index in [9.17, 15) is 4.79 Å². The minimum Gasteiger partial charge on any atom is -0.487 e. The SMILES string of the molecule is Cc1nc(COc2ccccc2/C=C/C(=O)N2CCC(c3n[nH]c(=S)n3C3CC3)CC2)cs1. The van der Waals surface area contributed by atoms with Gasteiger partial charge >= 0.3 is 0 Å². The van der Waals surface area contributed by atoms with Crippen molar-refractivity contribution in [3.05, 3.63) is 62.6 Å². The zero-order chi connectivity index (χ0) is 22.8. The number of aromatic nitrogens is 4. The Morgan fingerprint density at radius 2 is 2.06 bits per heavy atom. The van der Waals surface area contributed by atoms with Gasteiger partial charge < -0.3 is 14.2 Å². The van der Waals surface area contributed by atoms with Crippen LogP contribution >= 0.6 is 23.6 Å². The second-order valence-corrected chi connectivity index (χ2v) is 10.1. The number of hydrogen-bond donors (Lipinski definition) is 1. The molecule has 1 aliphatic carbocycles. The second-order valence-electron chi connectivity index (χ2n) is 8.61. The zero-order valence-electron chi connectivity index (χ0n) is 18.6. The maximum Gasteiger partial charge on any atom is 0.246 e. The number of hydrogen-bond acceptors (Lipinski definition) is 6. The van der Waals surface area contributed by atoms with Crippen LogP contribution in [-0.2, 0) is 11.4 Å². The summed E-state index contributed by atoms with van der Waals surface area (Å²) in [4.78, 5) is 19.2. The molecule has 1 saturated heterocycles. The van der Waals surface area contributed by atoms with Gasteiger partial charge in [0.25, 0.3) is 0 Å². The number of ether oxygens (including phenoxy) is 1. The molecule has 2 aliphatic rings. The fourth-order valence-electron chi connectivity index (χ4n) is 4.29. The molecule has 2 aromatic heterocycles. The number of nitrogens with one attached hydrogen (secondary N) is 1. The van der Waals surface area contributed by atoms with Crippen molar-refractivity contribution in [1.29, 1.82) is 0 Å². The second kappa shape index (κ2) is 9.61. The number of nitrogens with zero attached hydrogens (tertiary/aromatic N) is 4. The van der Waals surface area contributed by atoms with E-state index in [2.05, 4.69) is 19.7 Å². The molecule has 2 fully saturated rings. The van der Waals surface area contributed by atoms with Gasteiger partial charge in [0.2, 0.25) is 5.91 Å². The molecule has 0 atom stereocenters. The number of likely N-dealkylation sites (tertiary alicyclic amines) is 1. The van der Waals surface area contributed by atoms with Crippen LogP contribution < -0.4 is 4.74 Å². The third kappa shape index (κ3) is 5.09. The summed E-state index contributed by atoms with van der Waals surface area (Å²) < 4.78 is 8.88. The van der Waals surface area contributed by atoms with Crippen molar-refractivity contribution < 1.29 is 9.53 Å². The monoisotopic (exact) mass is 481 g/mol. The van der Waals surface area contributed by atoms with Crippen molar-refractivity contribution >= 4 is 35.5 Å². The van der Waals surface area contributed by atoms with E-state index in [1.165, 1.54) is 12.8 Å². The molecule has 1 aliphatic heterocycles. The molecule has 172 valence electrons. The molecular formula is C24H27N5O2S2. The number of aromatic amines is 1. The molecule has 1 amide bonds. The number of thiazole rings is 1. The fraction of sp³-hybridized carbons (Fsp3) is 0.417. The lowest BCUT2D eigenvalue weighted by molar-refractivity contribution is -0.127. The predicted molar refractivity (Wildman–Crippen MR) is 131 cm³/mol. The number of aryl methyl sites for hydroxylation is 1. The Balaban J connectivity index is 1.19. The number of amides is 1. The molecule has 1 aromatic carbocycles. The molecule has 0 bridgehead atoms. The first-order valence-electron chi connectivity index (χ1n) is 11.3. The number of carbonyl (C=O) groups excluding carboxylic acids is 1. The van der Waals surface area contributed by atoms with Gasteiger partial charge in [0.1, 0.15) is 18.2 Å². The third-order valence-corrected chi connectivity index (χ3v) is 7.29. The van der Waals surface area contributed by atoms with Gasteiger partial charge in [-0.15, -0.1) is 11.3 Å². The Hall–Kier alpha value is -2.78. The van der Waals surface area contributed by atoms with Crippen LogP contribution in [-0.4, -0.2) is 43.6 Å². The third-order valence-electron chi connectivity index (χ3n) is 6.18. The summed E-state index contributed by atoms with van der Waals surface area (Å²) in [6.45, 7) is 3.84. The van der Waals surface area contributed by atoms with E-state index in [1.54, 1.807) is 17.4 Å². The first kappa shape index (κ1) is 22.0. The van der Waals surface area contributed by atoms with E-state index in [0.29, 0.717) is 18.6 Å².